The third-order valence-electron chi connectivity index (χ3n) is 2.55. The van der Waals surface area contributed by atoms with Gasteiger partial charge in [-0.25, -0.2) is 0 Å². The number of aromatic nitrogens is 2. The average molecular weight is 306 g/mol. The molecular weight excluding hydrogens is 288 g/mol. The van der Waals surface area contributed by atoms with Gasteiger partial charge in [-0.3, -0.25) is 4.79 Å². The Balaban J connectivity index is 2.00. The van der Waals surface area contributed by atoms with Crippen LogP contribution in [0.1, 0.15) is 30.1 Å². The minimum atomic E-state index is -0.273. The SMILES string of the molecule is CCCNc1nnc(C(=O)Nc2cccc(OCC)c2)s1. The van der Waals surface area contributed by atoms with Gasteiger partial charge in [0.25, 0.3) is 5.91 Å². The molecule has 0 aliphatic carbocycles. The third-order valence-corrected chi connectivity index (χ3v) is 3.43. The quantitative estimate of drug-likeness (QED) is 0.822. The molecule has 2 N–H and O–H groups in total. The van der Waals surface area contributed by atoms with Crippen molar-refractivity contribution in [3.8, 4) is 5.75 Å². The molecule has 112 valence electrons. The van der Waals surface area contributed by atoms with E-state index in [1.54, 1.807) is 12.1 Å². The highest BCUT2D eigenvalue weighted by molar-refractivity contribution is 7.17. The van der Waals surface area contributed by atoms with Crippen molar-refractivity contribution in [2.24, 2.45) is 0 Å². The van der Waals surface area contributed by atoms with Crippen LogP contribution >= 0.6 is 11.3 Å². The summed E-state index contributed by atoms with van der Waals surface area (Å²) in [6.45, 7) is 5.37. The van der Waals surface area contributed by atoms with Crippen molar-refractivity contribution in [3.63, 3.8) is 0 Å². The second kappa shape index (κ2) is 7.58. The summed E-state index contributed by atoms with van der Waals surface area (Å²) in [7, 11) is 0. The van der Waals surface area contributed by atoms with E-state index in [0.717, 1.165) is 18.7 Å². The monoisotopic (exact) mass is 306 g/mol. The first kappa shape index (κ1) is 15.2. The Morgan fingerprint density at radius 2 is 2.19 bits per heavy atom. The van der Waals surface area contributed by atoms with E-state index in [1.807, 2.05) is 19.1 Å². The lowest BCUT2D eigenvalue weighted by Crippen LogP contribution is -2.11. The van der Waals surface area contributed by atoms with Gasteiger partial charge in [-0.2, -0.15) is 0 Å². The Kier molecular flexibility index (Phi) is 5.51. The molecule has 0 saturated carbocycles. The number of ether oxygens (including phenoxy) is 1. The lowest BCUT2D eigenvalue weighted by molar-refractivity contribution is 0.102. The van der Waals surface area contributed by atoms with Crippen LogP contribution in [0.25, 0.3) is 0 Å². The van der Waals surface area contributed by atoms with Gasteiger partial charge in [0, 0.05) is 18.3 Å². The van der Waals surface area contributed by atoms with Crippen molar-refractivity contribution in [1.82, 2.24) is 10.2 Å². The maximum atomic E-state index is 12.1. The molecule has 2 aromatic rings. The second-order valence-corrected chi connectivity index (χ2v) is 5.23. The number of hydrogen-bond donors (Lipinski definition) is 2. The summed E-state index contributed by atoms with van der Waals surface area (Å²) in [5.74, 6) is 0.448. The maximum absolute atomic E-state index is 12.1. The Bertz CT molecular complexity index is 600. The fraction of sp³-hybridized carbons (Fsp3) is 0.357. The fourth-order valence-electron chi connectivity index (χ4n) is 1.63. The van der Waals surface area contributed by atoms with Crippen LogP contribution in [0.3, 0.4) is 0 Å². The molecule has 0 bridgehead atoms. The number of rotatable bonds is 7. The minimum absolute atomic E-state index is 0.273. The minimum Gasteiger partial charge on any atom is -0.494 e. The largest absolute Gasteiger partial charge is 0.494 e. The van der Waals surface area contributed by atoms with Crippen LogP contribution in [0.5, 0.6) is 5.75 Å². The average Bonchev–Trinajstić information content (AvgIpc) is 2.95. The van der Waals surface area contributed by atoms with Gasteiger partial charge in [0.15, 0.2) is 0 Å². The molecule has 0 spiro atoms. The predicted octanol–water partition coefficient (Wildman–Crippen LogP) is 3.01. The highest BCUT2D eigenvalue weighted by Gasteiger charge is 2.13. The molecule has 6 nitrogen and oxygen atoms in total. The predicted molar refractivity (Wildman–Crippen MR) is 84.3 cm³/mol. The molecule has 1 heterocycles. The summed E-state index contributed by atoms with van der Waals surface area (Å²) in [5, 5.41) is 14.7. The van der Waals surface area contributed by atoms with Crippen molar-refractivity contribution < 1.29 is 9.53 Å². The molecule has 0 saturated heterocycles. The zero-order valence-corrected chi connectivity index (χ0v) is 12.9. The van der Waals surface area contributed by atoms with Gasteiger partial charge in [-0.15, -0.1) is 10.2 Å². The molecular formula is C14H18N4O2S. The van der Waals surface area contributed by atoms with E-state index in [-0.39, 0.29) is 5.91 Å². The van der Waals surface area contributed by atoms with Gasteiger partial charge in [-0.05, 0) is 25.5 Å². The molecule has 1 aromatic heterocycles. The van der Waals surface area contributed by atoms with Crippen molar-refractivity contribution in [2.45, 2.75) is 20.3 Å². The first-order valence-electron chi connectivity index (χ1n) is 6.84. The molecule has 7 heteroatoms. The smallest absolute Gasteiger partial charge is 0.286 e. The number of amides is 1. The summed E-state index contributed by atoms with van der Waals surface area (Å²) >= 11 is 1.24. The molecule has 21 heavy (non-hydrogen) atoms. The summed E-state index contributed by atoms with van der Waals surface area (Å²) < 4.78 is 5.40. The van der Waals surface area contributed by atoms with Crippen LogP contribution in [0.15, 0.2) is 24.3 Å². The highest BCUT2D eigenvalue weighted by atomic mass is 32.1. The third kappa shape index (κ3) is 4.42. The molecule has 0 unspecified atom stereocenters. The second-order valence-electron chi connectivity index (χ2n) is 4.25. The Hall–Kier alpha value is -2.15. The number of anilines is 2. The molecule has 0 aliphatic heterocycles. The normalized spacial score (nSPS) is 10.2. The van der Waals surface area contributed by atoms with Gasteiger partial charge < -0.3 is 15.4 Å². The van der Waals surface area contributed by atoms with E-state index < -0.39 is 0 Å². The fourth-order valence-corrected chi connectivity index (χ4v) is 2.30. The first-order chi connectivity index (χ1) is 10.2. The highest BCUT2D eigenvalue weighted by Crippen LogP contribution is 2.20. The van der Waals surface area contributed by atoms with E-state index in [0.29, 0.717) is 22.4 Å². The summed E-state index contributed by atoms with van der Waals surface area (Å²) in [4.78, 5) is 12.1. The van der Waals surface area contributed by atoms with Crippen LogP contribution in [-0.2, 0) is 0 Å². The lowest BCUT2D eigenvalue weighted by atomic mass is 10.3. The van der Waals surface area contributed by atoms with E-state index in [9.17, 15) is 4.79 Å². The number of carbonyl (C=O) groups is 1. The Labute approximate surface area is 127 Å². The van der Waals surface area contributed by atoms with Crippen LogP contribution in [0.4, 0.5) is 10.8 Å². The van der Waals surface area contributed by atoms with E-state index in [4.69, 9.17) is 4.74 Å². The van der Waals surface area contributed by atoms with Crippen LogP contribution in [0.2, 0.25) is 0 Å². The van der Waals surface area contributed by atoms with Crippen molar-refractivity contribution in [2.75, 3.05) is 23.8 Å². The number of carbonyl (C=O) groups excluding carboxylic acids is 1. The van der Waals surface area contributed by atoms with Gasteiger partial charge in [-0.1, -0.05) is 24.3 Å². The van der Waals surface area contributed by atoms with E-state index in [1.165, 1.54) is 11.3 Å². The molecule has 0 aliphatic rings. The van der Waals surface area contributed by atoms with Crippen LogP contribution in [0, 0.1) is 0 Å². The summed E-state index contributed by atoms with van der Waals surface area (Å²) in [6, 6.07) is 7.25. The molecule has 0 radical (unpaired) electrons. The molecule has 1 aromatic carbocycles. The van der Waals surface area contributed by atoms with Crippen LogP contribution < -0.4 is 15.4 Å². The first-order valence-corrected chi connectivity index (χ1v) is 7.66. The summed E-state index contributed by atoms with van der Waals surface area (Å²) in [6.07, 6.45) is 0.991. The lowest BCUT2D eigenvalue weighted by Gasteiger charge is -2.06. The molecule has 0 atom stereocenters. The summed E-state index contributed by atoms with van der Waals surface area (Å²) in [5.41, 5.74) is 0.671. The van der Waals surface area contributed by atoms with Crippen molar-refractivity contribution >= 4 is 28.1 Å². The Morgan fingerprint density at radius 1 is 1.33 bits per heavy atom. The van der Waals surface area contributed by atoms with Crippen molar-refractivity contribution in [3.05, 3.63) is 29.3 Å². The zero-order valence-electron chi connectivity index (χ0n) is 12.0. The Morgan fingerprint density at radius 3 is 2.95 bits per heavy atom. The number of hydrogen-bond acceptors (Lipinski definition) is 6. The van der Waals surface area contributed by atoms with E-state index >= 15 is 0 Å². The number of benzene rings is 1. The molecule has 1 amide bonds. The van der Waals surface area contributed by atoms with Gasteiger partial charge in [0.2, 0.25) is 10.1 Å². The van der Waals surface area contributed by atoms with Gasteiger partial charge >= 0.3 is 0 Å². The molecule has 2 rings (SSSR count). The standard InChI is InChI=1S/C14H18N4O2S/c1-3-8-15-14-18-17-13(21-14)12(19)16-10-6-5-7-11(9-10)20-4-2/h5-7,9H,3-4,8H2,1-2H3,(H,15,18)(H,16,19). The van der Waals surface area contributed by atoms with Gasteiger partial charge in [0.1, 0.15) is 5.75 Å². The van der Waals surface area contributed by atoms with Crippen molar-refractivity contribution in [1.29, 1.82) is 0 Å². The van der Waals surface area contributed by atoms with E-state index in [2.05, 4.69) is 27.8 Å². The van der Waals surface area contributed by atoms with Crippen LogP contribution in [-0.4, -0.2) is 29.3 Å². The zero-order chi connectivity index (χ0) is 15.1. The number of nitrogens with zero attached hydrogens (tertiary/aromatic N) is 2. The van der Waals surface area contributed by atoms with Gasteiger partial charge in [0.05, 0.1) is 6.61 Å². The maximum Gasteiger partial charge on any atom is 0.286 e. The molecule has 0 fully saturated rings. The topological polar surface area (TPSA) is 76.1 Å². The number of nitrogens with one attached hydrogen (secondary N) is 2.